The van der Waals surface area contributed by atoms with Crippen molar-refractivity contribution in [3.63, 3.8) is 0 Å². The van der Waals surface area contributed by atoms with Gasteiger partial charge in [-0.25, -0.2) is 0 Å². The second kappa shape index (κ2) is 10.2. The first kappa shape index (κ1) is 16.0. The van der Waals surface area contributed by atoms with E-state index in [0.29, 0.717) is 2.66 Å². The van der Waals surface area contributed by atoms with Gasteiger partial charge in [-0.05, 0) is 0 Å². The van der Waals surface area contributed by atoms with Gasteiger partial charge in [-0.15, -0.1) is 0 Å². The summed E-state index contributed by atoms with van der Waals surface area (Å²) in [6.07, 6.45) is 14.6. The average Bonchev–Trinajstić information content (AvgIpc) is 2.14. The molecule has 0 spiro atoms. The Bertz CT molecular complexity index is 124. The van der Waals surface area contributed by atoms with Gasteiger partial charge in [-0.1, -0.05) is 0 Å². The summed E-state index contributed by atoms with van der Waals surface area (Å²) in [5.41, 5.74) is 0. The second-order valence-corrected chi connectivity index (χ2v) is 8.85. The summed E-state index contributed by atoms with van der Waals surface area (Å²) in [5.74, 6) is 0. The predicted octanol–water partition coefficient (Wildman–Crippen LogP) is 5.27. The van der Waals surface area contributed by atoms with Crippen LogP contribution in [0, 0.1) is 0 Å². The van der Waals surface area contributed by atoms with E-state index in [9.17, 15) is 0 Å². The molecule has 0 aromatic heterocycles. The molecule has 15 heavy (non-hydrogen) atoms. The van der Waals surface area contributed by atoms with Gasteiger partial charge in [0.25, 0.3) is 0 Å². The van der Waals surface area contributed by atoms with E-state index in [1.807, 2.05) is 0 Å². The molecule has 0 aliphatic carbocycles. The Morgan fingerprint density at radius 2 is 1.13 bits per heavy atom. The topological polar surface area (TPSA) is 0 Å². The molecule has 1 heteroatoms. The third-order valence-electron chi connectivity index (χ3n) is 3.03. The zero-order chi connectivity index (χ0) is 11.6. The first-order valence-corrected chi connectivity index (χ1v) is 8.06. The average molecular weight is 220 g/mol. The maximum atomic E-state index is 2.41. The van der Waals surface area contributed by atoms with E-state index in [1.165, 1.54) is 92.1 Å². The monoisotopic (exact) mass is 220 g/mol. The first-order chi connectivity index (χ1) is 7.06. The molecule has 0 saturated carbocycles. The molecular formula is C14H29Na. The Labute approximate surface area is 115 Å². The van der Waals surface area contributed by atoms with E-state index in [1.54, 1.807) is 0 Å². The van der Waals surface area contributed by atoms with Crippen LogP contribution in [0.3, 0.4) is 0 Å². The van der Waals surface area contributed by atoms with Crippen molar-refractivity contribution in [2.45, 2.75) is 87.6 Å². The molecule has 0 N–H and O–H groups in total. The standard InChI is InChI=1S/C14H29.Na/c1-4-5-6-7-8-9-10-11-12-13-14(2)3;/h4-13H2,1-3H3;. The molecular weight excluding hydrogens is 191 g/mol. The Balaban J connectivity index is 2.99. The number of hydrogen-bond donors (Lipinski definition) is 0. The van der Waals surface area contributed by atoms with Gasteiger partial charge < -0.3 is 0 Å². The zero-order valence-corrected chi connectivity index (χ0v) is 13.6. The molecule has 0 heterocycles. The van der Waals surface area contributed by atoms with Crippen LogP contribution in [0.4, 0.5) is 0 Å². The maximum absolute atomic E-state index is 2.41. The predicted molar refractivity (Wildman–Crippen MR) is 71.6 cm³/mol. The third kappa shape index (κ3) is 15.0. The van der Waals surface area contributed by atoms with Gasteiger partial charge in [-0.3, -0.25) is 0 Å². The van der Waals surface area contributed by atoms with E-state index >= 15 is 0 Å². The molecule has 0 unspecified atom stereocenters. The quantitative estimate of drug-likeness (QED) is 0.347. The van der Waals surface area contributed by atoms with E-state index in [4.69, 9.17) is 0 Å². The minimum absolute atomic E-state index is 0.682. The van der Waals surface area contributed by atoms with Crippen LogP contribution < -0.4 is 0 Å². The summed E-state index contributed by atoms with van der Waals surface area (Å²) in [5, 5.41) is 0. The van der Waals surface area contributed by atoms with Gasteiger partial charge in [-0.2, -0.15) is 0 Å². The molecule has 0 fully saturated rings. The fourth-order valence-electron chi connectivity index (χ4n) is 1.97. The molecule has 86 valence electrons. The third-order valence-corrected chi connectivity index (χ3v) is 3.53. The molecule has 0 aromatic rings. The van der Waals surface area contributed by atoms with Crippen LogP contribution in [-0.2, 0) is 0 Å². The molecule has 0 aliphatic heterocycles. The van der Waals surface area contributed by atoms with Crippen LogP contribution in [0.25, 0.3) is 0 Å². The molecule has 0 bridgehead atoms. The van der Waals surface area contributed by atoms with E-state index in [2.05, 4.69) is 20.8 Å². The van der Waals surface area contributed by atoms with E-state index in [-0.39, 0.29) is 0 Å². The summed E-state index contributed by atoms with van der Waals surface area (Å²) in [7, 11) is 0. The molecule has 0 rings (SSSR count). The number of rotatable bonds is 10. The summed E-state index contributed by atoms with van der Waals surface area (Å²) in [6, 6.07) is 0. The van der Waals surface area contributed by atoms with Crippen LogP contribution in [0.5, 0.6) is 0 Å². The van der Waals surface area contributed by atoms with Crippen LogP contribution >= 0.6 is 0 Å². The number of hydrogen-bond acceptors (Lipinski definition) is 0. The second-order valence-electron chi connectivity index (χ2n) is 6.14. The van der Waals surface area contributed by atoms with Crippen LogP contribution in [0.2, 0.25) is 2.66 Å². The molecule has 0 aromatic carbocycles. The van der Waals surface area contributed by atoms with Crippen molar-refractivity contribution in [1.82, 2.24) is 0 Å². The summed E-state index contributed by atoms with van der Waals surface area (Å²) in [6.45, 7) is 7.10. The minimum atomic E-state index is 0.682. The molecule has 0 radical (unpaired) electrons. The van der Waals surface area contributed by atoms with Crippen molar-refractivity contribution in [3.05, 3.63) is 0 Å². The van der Waals surface area contributed by atoms with Crippen molar-refractivity contribution >= 4 is 27.9 Å². The molecule has 0 aliphatic rings. The Morgan fingerprint density at radius 3 is 1.53 bits per heavy atom. The summed E-state index contributed by atoms with van der Waals surface area (Å²) in [4.78, 5) is 0. The normalized spacial score (nSPS) is 12.1. The van der Waals surface area contributed by atoms with Gasteiger partial charge in [0.15, 0.2) is 0 Å². The Kier molecular flexibility index (Phi) is 10.9. The zero-order valence-electron chi connectivity index (χ0n) is 11.6. The van der Waals surface area contributed by atoms with Crippen molar-refractivity contribution < 1.29 is 0 Å². The van der Waals surface area contributed by atoms with E-state index < -0.39 is 0 Å². The Hall–Kier alpha value is 1.00. The first-order valence-electron chi connectivity index (χ1n) is 7.06. The fraction of sp³-hybridized carbons (Fsp3) is 1.00. The molecule has 0 atom stereocenters. The summed E-state index contributed by atoms with van der Waals surface area (Å²) >= 11 is 1.35. The van der Waals surface area contributed by atoms with Gasteiger partial charge in [0.1, 0.15) is 0 Å². The van der Waals surface area contributed by atoms with Crippen molar-refractivity contribution in [2.24, 2.45) is 0 Å². The van der Waals surface area contributed by atoms with Crippen molar-refractivity contribution in [1.29, 1.82) is 0 Å². The summed E-state index contributed by atoms with van der Waals surface area (Å²) < 4.78 is 0.682. The molecule has 0 saturated heterocycles. The van der Waals surface area contributed by atoms with Crippen LogP contribution in [-0.4, -0.2) is 27.9 Å². The van der Waals surface area contributed by atoms with Gasteiger partial charge >= 0.3 is 116 Å². The van der Waals surface area contributed by atoms with Gasteiger partial charge in [0.05, 0.1) is 0 Å². The van der Waals surface area contributed by atoms with Crippen molar-refractivity contribution in [2.75, 3.05) is 0 Å². The van der Waals surface area contributed by atoms with Crippen LogP contribution in [0.1, 0.15) is 85.0 Å². The fourth-order valence-corrected chi connectivity index (χ4v) is 2.32. The van der Waals surface area contributed by atoms with Crippen molar-refractivity contribution in [3.8, 4) is 0 Å². The SMILES string of the molecule is CCCCCCCCCCC[C](C)(C)[Na]. The number of unbranched alkanes of at least 4 members (excludes halogenated alkanes) is 8. The van der Waals surface area contributed by atoms with Crippen LogP contribution in [0.15, 0.2) is 0 Å². The van der Waals surface area contributed by atoms with Gasteiger partial charge in [0.2, 0.25) is 0 Å². The molecule has 0 nitrogen and oxygen atoms in total. The Morgan fingerprint density at radius 1 is 0.733 bits per heavy atom. The molecule has 0 amide bonds. The van der Waals surface area contributed by atoms with Gasteiger partial charge in [0, 0.05) is 0 Å². The van der Waals surface area contributed by atoms with E-state index in [0.717, 1.165) is 0 Å².